The van der Waals surface area contributed by atoms with E-state index in [1.165, 1.54) is 0 Å². The van der Waals surface area contributed by atoms with Crippen LogP contribution in [0.2, 0.25) is 5.02 Å². The molecule has 4 rings (SSSR count). The minimum absolute atomic E-state index is 0.0101. The number of amides is 2. The molecule has 144 valence electrons. The van der Waals surface area contributed by atoms with Gasteiger partial charge in [-0.3, -0.25) is 9.59 Å². The second kappa shape index (κ2) is 8.07. The first-order valence-electron chi connectivity index (χ1n) is 9.49. The molecule has 2 amide bonds. The molecule has 1 fully saturated rings. The Hall–Kier alpha value is -2.79. The molecule has 1 aromatic heterocycles. The van der Waals surface area contributed by atoms with Gasteiger partial charge in [-0.05, 0) is 42.7 Å². The Bertz CT molecular complexity index is 963. The number of carbonyl (C=O) groups is 2. The number of piperidine rings is 1. The molecule has 0 spiro atoms. The zero-order chi connectivity index (χ0) is 19.5. The van der Waals surface area contributed by atoms with Crippen LogP contribution in [0.1, 0.15) is 28.9 Å². The molecule has 2 N–H and O–H groups in total. The van der Waals surface area contributed by atoms with Crippen molar-refractivity contribution in [3.63, 3.8) is 0 Å². The first-order chi connectivity index (χ1) is 13.6. The molecule has 2 aromatic carbocycles. The van der Waals surface area contributed by atoms with E-state index in [4.69, 9.17) is 11.6 Å². The SMILES string of the molecule is O=C(NCc1ccc(Cl)cc1)[C@H]1CCCN(C(=O)c2cc3ccccc3[nH]2)C1. The molecule has 0 radical (unpaired) electrons. The number of fused-ring (bicyclic) bond motifs is 1. The third-order valence-corrected chi connectivity index (χ3v) is 5.47. The van der Waals surface area contributed by atoms with E-state index in [2.05, 4.69) is 10.3 Å². The Kier molecular flexibility index (Phi) is 5.35. The van der Waals surface area contributed by atoms with Crippen LogP contribution in [-0.4, -0.2) is 34.8 Å². The summed E-state index contributed by atoms with van der Waals surface area (Å²) in [5.41, 5.74) is 2.52. The van der Waals surface area contributed by atoms with Crippen molar-refractivity contribution < 1.29 is 9.59 Å². The summed E-state index contributed by atoms with van der Waals surface area (Å²) in [6, 6.07) is 17.1. The molecule has 6 heteroatoms. The number of para-hydroxylation sites is 1. The van der Waals surface area contributed by atoms with E-state index in [9.17, 15) is 9.59 Å². The summed E-state index contributed by atoms with van der Waals surface area (Å²) in [6.07, 6.45) is 1.62. The largest absolute Gasteiger partial charge is 0.352 e. The monoisotopic (exact) mass is 395 g/mol. The highest BCUT2D eigenvalue weighted by molar-refractivity contribution is 6.30. The summed E-state index contributed by atoms with van der Waals surface area (Å²) in [4.78, 5) is 30.5. The fourth-order valence-corrected chi connectivity index (χ4v) is 3.80. The molecule has 0 aliphatic carbocycles. The lowest BCUT2D eigenvalue weighted by molar-refractivity contribution is -0.126. The summed E-state index contributed by atoms with van der Waals surface area (Å²) in [5, 5.41) is 4.67. The number of carbonyl (C=O) groups excluding carboxylic acids is 2. The lowest BCUT2D eigenvalue weighted by Crippen LogP contribution is -2.45. The maximum atomic E-state index is 12.9. The average Bonchev–Trinajstić information content (AvgIpc) is 3.17. The van der Waals surface area contributed by atoms with Gasteiger partial charge in [-0.15, -0.1) is 0 Å². The number of aromatic nitrogens is 1. The smallest absolute Gasteiger partial charge is 0.270 e. The van der Waals surface area contributed by atoms with Crippen LogP contribution in [0.4, 0.5) is 0 Å². The highest BCUT2D eigenvalue weighted by Gasteiger charge is 2.29. The number of hydrogen-bond donors (Lipinski definition) is 2. The van der Waals surface area contributed by atoms with Crippen LogP contribution in [0.3, 0.4) is 0 Å². The number of nitrogens with one attached hydrogen (secondary N) is 2. The van der Waals surface area contributed by atoms with Gasteiger partial charge in [-0.25, -0.2) is 0 Å². The lowest BCUT2D eigenvalue weighted by Gasteiger charge is -2.31. The van der Waals surface area contributed by atoms with Gasteiger partial charge in [-0.1, -0.05) is 41.9 Å². The molecular formula is C22H22ClN3O2. The van der Waals surface area contributed by atoms with Crippen LogP contribution in [-0.2, 0) is 11.3 Å². The van der Waals surface area contributed by atoms with E-state index >= 15 is 0 Å². The number of rotatable bonds is 4. The molecule has 3 aromatic rings. The van der Waals surface area contributed by atoms with Crippen molar-refractivity contribution in [2.75, 3.05) is 13.1 Å². The van der Waals surface area contributed by atoms with E-state index in [0.717, 1.165) is 29.3 Å². The standard InChI is InChI=1S/C22H22ClN3O2/c23-18-9-7-15(8-10-18)13-24-21(27)17-5-3-11-26(14-17)22(28)20-12-16-4-1-2-6-19(16)25-20/h1-2,4,6-10,12,17,25H,3,5,11,13-14H2,(H,24,27)/t17-/m0/s1. The zero-order valence-electron chi connectivity index (χ0n) is 15.5. The Labute approximate surface area is 168 Å². The van der Waals surface area contributed by atoms with Crippen LogP contribution in [0.15, 0.2) is 54.6 Å². The van der Waals surface area contributed by atoms with Crippen molar-refractivity contribution in [2.24, 2.45) is 5.92 Å². The molecule has 1 atom stereocenters. The number of aromatic amines is 1. The van der Waals surface area contributed by atoms with Crippen molar-refractivity contribution in [1.29, 1.82) is 0 Å². The summed E-state index contributed by atoms with van der Waals surface area (Å²) in [5.74, 6) is -0.245. The third-order valence-electron chi connectivity index (χ3n) is 5.22. The van der Waals surface area contributed by atoms with Gasteiger partial charge < -0.3 is 15.2 Å². The fraction of sp³-hybridized carbons (Fsp3) is 0.273. The van der Waals surface area contributed by atoms with Gasteiger partial charge in [0.2, 0.25) is 5.91 Å². The number of likely N-dealkylation sites (tertiary alicyclic amines) is 1. The van der Waals surface area contributed by atoms with Crippen molar-refractivity contribution in [3.8, 4) is 0 Å². The van der Waals surface area contributed by atoms with E-state index < -0.39 is 0 Å². The third kappa shape index (κ3) is 4.04. The normalized spacial score (nSPS) is 16.9. The molecule has 0 bridgehead atoms. The van der Waals surface area contributed by atoms with Crippen molar-refractivity contribution >= 4 is 34.3 Å². The Balaban J connectivity index is 1.38. The van der Waals surface area contributed by atoms with Crippen LogP contribution < -0.4 is 5.32 Å². The Morgan fingerprint density at radius 3 is 2.71 bits per heavy atom. The summed E-state index contributed by atoms with van der Waals surface area (Å²) < 4.78 is 0. The van der Waals surface area contributed by atoms with Crippen LogP contribution >= 0.6 is 11.6 Å². The second-order valence-electron chi connectivity index (χ2n) is 7.20. The zero-order valence-corrected chi connectivity index (χ0v) is 16.2. The highest BCUT2D eigenvalue weighted by Crippen LogP contribution is 2.21. The van der Waals surface area contributed by atoms with Gasteiger partial charge in [0, 0.05) is 35.6 Å². The average molecular weight is 396 g/mol. The quantitative estimate of drug-likeness (QED) is 0.701. The maximum Gasteiger partial charge on any atom is 0.270 e. The van der Waals surface area contributed by atoms with Crippen molar-refractivity contribution in [2.45, 2.75) is 19.4 Å². The van der Waals surface area contributed by atoms with E-state index in [0.29, 0.717) is 30.4 Å². The number of nitrogens with zero attached hydrogens (tertiary/aromatic N) is 1. The van der Waals surface area contributed by atoms with E-state index in [1.54, 1.807) is 4.90 Å². The van der Waals surface area contributed by atoms with Crippen LogP contribution in [0.25, 0.3) is 10.9 Å². The number of halogens is 1. The minimum Gasteiger partial charge on any atom is -0.352 e. The van der Waals surface area contributed by atoms with Gasteiger partial charge >= 0.3 is 0 Å². The molecular weight excluding hydrogens is 374 g/mol. The van der Waals surface area contributed by atoms with Crippen LogP contribution in [0.5, 0.6) is 0 Å². The molecule has 5 nitrogen and oxygen atoms in total. The summed E-state index contributed by atoms with van der Waals surface area (Å²) in [7, 11) is 0. The topological polar surface area (TPSA) is 65.2 Å². The molecule has 0 unspecified atom stereocenters. The van der Waals surface area contributed by atoms with Crippen molar-refractivity contribution in [1.82, 2.24) is 15.2 Å². The Morgan fingerprint density at radius 2 is 1.93 bits per heavy atom. The fourth-order valence-electron chi connectivity index (χ4n) is 3.67. The summed E-state index contributed by atoms with van der Waals surface area (Å²) in [6.45, 7) is 1.58. The maximum absolute atomic E-state index is 12.9. The molecule has 2 heterocycles. The molecule has 1 aliphatic heterocycles. The predicted molar refractivity (Wildman–Crippen MR) is 110 cm³/mol. The number of hydrogen-bond acceptors (Lipinski definition) is 2. The van der Waals surface area contributed by atoms with Gasteiger partial charge in [0.1, 0.15) is 5.69 Å². The second-order valence-corrected chi connectivity index (χ2v) is 7.64. The van der Waals surface area contributed by atoms with Gasteiger partial charge in [0.25, 0.3) is 5.91 Å². The van der Waals surface area contributed by atoms with Gasteiger partial charge in [0.15, 0.2) is 0 Å². The predicted octanol–water partition coefficient (Wildman–Crippen LogP) is 3.99. The van der Waals surface area contributed by atoms with E-state index in [-0.39, 0.29) is 17.7 Å². The Morgan fingerprint density at radius 1 is 1.14 bits per heavy atom. The highest BCUT2D eigenvalue weighted by atomic mass is 35.5. The van der Waals surface area contributed by atoms with Gasteiger partial charge in [0.05, 0.1) is 5.92 Å². The minimum atomic E-state index is -0.186. The van der Waals surface area contributed by atoms with E-state index in [1.807, 2.05) is 54.6 Å². The first-order valence-corrected chi connectivity index (χ1v) is 9.87. The number of benzene rings is 2. The van der Waals surface area contributed by atoms with Gasteiger partial charge in [-0.2, -0.15) is 0 Å². The lowest BCUT2D eigenvalue weighted by atomic mass is 9.96. The first kappa shape index (κ1) is 18.6. The van der Waals surface area contributed by atoms with Crippen LogP contribution in [0, 0.1) is 5.92 Å². The van der Waals surface area contributed by atoms with Crippen molar-refractivity contribution in [3.05, 3.63) is 70.9 Å². The summed E-state index contributed by atoms with van der Waals surface area (Å²) >= 11 is 5.89. The molecule has 1 saturated heterocycles. The number of H-pyrrole nitrogens is 1. The molecule has 1 aliphatic rings. The molecule has 28 heavy (non-hydrogen) atoms. The molecule has 0 saturated carbocycles.